The predicted molar refractivity (Wildman–Crippen MR) is 105 cm³/mol. The number of benzene rings is 2. The number of nitro groups is 1. The van der Waals surface area contributed by atoms with E-state index in [1.54, 1.807) is 18.2 Å². The number of nitrogens with zero attached hydrogens (tertiary/aromatic N) is 2. The number of non-ortho nitro benzene ring substituents is 1. The van der Waals surface area contributed by atoms with E-state index in [1.165, 1.54) is 49.9 Å². The van der Waals surface area contributed by atoms with Crippen molar-refractivity contribution >= 4 is 23.8 Å². The van der Waals surface area contributed by atoms with E-state index in [0.29, 0.717) is 5.56 Å². The first-order valence-corrected chi connectivity index (χ1v) is 8.49. The van der Waals surface area contributed by atoms with E-state index in [4.69, 9.17) is 13.9 Å². The summed E-state index contributed by atoms with van der Waals surface area (Å²) >= 11 is 0. The Morgan fingerprint density at radius 3 is 2.67 bits per heavy atom. The normalized spacial score (nSPS) is 10.6. The van der Waals surface area contributed by atoms with E-state index >= 15 is 0 Å². The van der Waals surface area contributed by atoms with E-state index in [1.807, 2.05) is 0 Å². The van der Waals surface area contributed by atoms with E-state index in [2.05, 4.69) is 10.5 Å². The van der Waals surface area contributed by atoms with Crippen molar-refractivity contribution in [2.45, 2.75) is 0 Å². The fourth-order valence-electron chi connectivity index (χ4n) is 2.38. The molecule has 1 aromatic heterocycles. The molecule has 0 atom stereocenters. The Morgan fingerprint density at radius 2 is 1.97 bits per heavy atom. The largest absolute Gasteiger partial charge is 0.493 e. The van der Waals surface area contributed by atoms with E-state index in [-0.39, 0.29) is 28.5 Å². The molecule has 0 bridgehead atoms. The lowest BCUT2D eigenvalue weighted by molar-refractivity contribution is -0.384. The zero-order valence-electron chi connectivity index (χ0n) is 15.6. The number of hydrazone groups is 1. The third kappa shape index (κ3) is 4.87. The first kappa shape index (κ1) is 20.3. The first-order chi connectivity index (χ1) is 14.5. The Morgan fingerprint density at radius 1 is 1.13 bits per heavy atom. The minimum absolute atomic E-state index is 0.0477. The number of rotatable bonds is 7. The Balaban J connectivity index is 1.67. The maximum absolute atomic E-state index is 12.1. The van der Waals surface area contributed by atoms with Crippen LogP contribution in [-0.4, -0.2) is 30.1 Å². The van der Waals surface area contributed by atoms with E-state index < -0.39 is 16.8 Å². The number of hydrogen-bond acceptors (Lipinski definition) is 8. The number of esters is 1. The van der Waals surface area contributed by atoms with Crippen molar-refractivity contribution in [3.05, 3.63) is 87.9 Å². The van der Waals surface area contributed by atoms with Gasteiger partial charge in [-0.3, -0.25) is 14.9 Å². The highest BCUT2D eigenvalue weighted by Gasteiger charge is 2.15. The number of furan rings is 1. The molecule has 0 fully saturated rings. The molecule has 10 heteroatoms. The van der Waals surface area contributed by atoms with Gasteiger partial charge in [0.1, 0.15) is 0 Å². The van der Waals surface area contributed by atoms with Gasteiger partial charge in [0.05, 0.1) is 24.5 Å². The van der Waals surface area contributed by atoms with Crippen molar-refractivity contribution in [2.75, 3.05) is 7.11 Å². The third-order valence-electron chi connectivity index (χ3n) is 3.81. The highest BCUT2D eigenvalue weighted by atomic mass is 16.6. The number of carbonyl (C=O) groups excluding carboxylic acids is 2. The summed E-state index contributed by atoms with van der Waals surface area (Å²) < 4.78 is 15.4. The maximum Gasteiger partial charge on any atom is 0.379 e. The van der Waals surface area contributed by atoms with Crippen LogP contribution in [0.2, 0.25) is 0 Å². The van der Waals surface area contributed by atoms with Crippen molar-refractivity contribution in [2.24, 2.45) is 5.10 Å². The van der Waals surface area contributed by atoms with E-state index in [0.717, 1.165) is 6.07 Å². The van der Waals surface area contributed by atoms with Gasteiger partial charge in [-0.05, 0) is 42.0 Å². The second-order valence-corrected chi connectivity index (χ2v) is 5.78. The molecule has 0 aliphatic rings. The molecular weight excluding hydrogens is 394 g/mol. The van der Waals surface area contributed by atoms with Gasteiger partial charge in [-0.25, -0.2) is 10.2 Å². The molecule has 0 aliphatic heterocycles. The van der Waals surface area contributed by atoms with Crippen LogP contribution < -0.4 is 14.9 Å². The molecule has 0 spiro atoms. The molecule has 2 aromatic carbocycles. The number of nitro benzene ring substituents is 1. The Kier molecular flexibility index (Phi) is 6.18. The summed E-state index contributed by atoms with van der Waals surface area (Å²) in [6, 6.07) is 13.0. The van der Waals surface area contributed by atoms with Crippen molar-refractivity contribution in [1.29, 1.82) is 0 Å². The van der Waals surface area contributed by atoms with Crippen LogP contribution >= 0.6 is 0 Å². The second kappa shape index (κ2) is 9.15. The minimum Gasteiger partial charge on any atom is -0.493 e. The molecule has 30 heavy (non-hydrogen) atoms. The van der Waals surface area contributed by atoms with Gasteiger partial charge >= 0.3 is 5.97 Å². The van der Waals surface area contributed by atoms with Gasteiger partial charge < -0.3 is 13.9 Å². The molecular formula is C20H15N3O7. The maximum atomic E-state index is 12.1. The summed E-state index contributed by atoms with van der Waals surface area (Å²) in [6.45, 7) is 0. The summed E-state index contributed by atoms with van der Waals surface area (Å²) in [5, 5.41) is 14.6. The molecule has 0 saturated carbocycles. The zero-order chi connectivity index (χ0) is 21.5. The average molecular weight is 409 g/mol. The molecule has 3 rings (SSSR count). The summed E-state index contributed by atoms with van der Waals surface area (Å²) in [4.78, 5) is 34.3. The van der Waals surface area contributed by atoms with Gasteiger partial charge in [-0.15, -0.1) is 0 Å². The van der Waals surface area contributed by atoms with Gasteiger partial charge in [0.15, 0.2) is 11.5 Å². The van der Waals surface area contributed by atoms with Crippen LogP contribution in [0.5, 0.6) is 11.5 Å². The van der Waals surface area contributed by atoms with Crippen molar-refractivity contribution in [1.82, 2.24) is 5.43 Å². The summed E-state index contributed by atoms with van der Waals surface area (Å²) in [7, 11) is 1.41. The van der Waals surface area contributed by atoms with Crippen LogP contribution in [-0.2, 0) is 0 Å². The van der Waals surface area contributed by atoms with Crippen molar-refractivity contribution < 1.29 is 28.4 Å². The minimum atomic E-state index is -0.677. The van der Waals surface area contributed by atoms with Crippen LogP contribution in [0.3, 0.4) is 0 Å². The molecule has 1 heterocycles. The monoisotopic (exact) mass is 409 g/mol. The van der Waals surface area contributed by atoms with Crippen molar-refractivity contribution in [3.8, 4) is 11.5 Å². The number of amides is 1. The molecule has 152 valence electrons. The average Bonchev–Trinajstić information content (AvgIpc) is 3.29. The summed E-state index contributed by atoms with van der Waals surface area (Å²) in [5.41, 5.74) is 2.73. The lowest BCUT2D eigenvalue weighted by atomic mass is 10.2. The molecule has 1 amide bonds. The van der Waals surface area contributed by atoms with Gasteiger partial charge in [0.2, 0.25) is 5.76 Å². The predicted octanol–water partition coefficient (Wildman–Crippen LogP) is 3.18. The first-order valence-electron chi connectivity index (χ1n) is 8.49. The smallest absolute Gasteiger partial charge is 0.379 e. The zero-order valence-corrected chi connectivity index (χ0v) is 15.6. The lowest BCUT2D eigenvalue weighted by Crippen LogP contribution is -2.17. The van der Waals surface area contributed by atoms with Gasteiger partial charge in [-0.2, -0.15) is 5.10 Å². The van der Waals surface area contributed by atoms with Crippen LogP contribution in [0.25, 0.3) is 0 Å². The third-order valence-corrected chi connectivity index (χ3v) is 3.81. The van der Waals surface area contributed by atoms with Crippen molar-refractivity contribution in [3.63, 3.8) is 0 Å². The molecule has 10 nitrogen and oxygen atoms in total. The molecule has 0 radical (unpaired) electrons. The number of hydrogen-bond donors (Lipinski definition) is 1. The number of nitrogens with one attached hydrogen (secondary N) is 1. The SMILES string of the molecule is COc1cc(/C=N/NC(=O)c2cccc([N+](=O)[O-])c2)ccc1OC(=O)c1ccco1. The van der Waals surface area contributed by atoms with Crippen LogP contribution in [0.4, 0.5) is 5.69 Å². The van der Waals surface area contributed by atoms with E-state index in [9.17, 15) is 19.7 Å². The van der Waals surface area contributed by atoms with Crippen LogP contribution in [0.1, 0.15) is 26.5 Å². The number of methoxy groups -OCH3 is 1. The van der Waals surface area contributed by atoms with Gasteiger partial charge in [-0.1, -0.05) is 6.07 Å². The fourth-order valence-corrected chi connectivity index (χ4v) is 2.38. The molecule has 1 N–H and O–H groups in total. The topological polar surface area (TPSA) is 133 Å². The highest BCUT2D eigenvalue weighted by molar-refractivity contribution is 5.95. The van der Waals surface area contributed by atoms with Crippen LogP contribution in [0, 0.1) is 10.1 Å². The summed E-state index contributed by atoms with van der Waals surface area (Å²) in [5.74, 6) is -0.790. The Bertz CT molecular complexity index is 1110. The number of ether oxygens (including phenoxy) is 2. The Labute approximate surface area is 169 Å². The number of carbonyl (C=O) groups is 2. The van der Waals surface area contributed by atoms with Gasteiger partial charge in [0.25, 0.3) is 11.6 Å². The fraction of sp³-hybridized carbons (Fsp3) is 0.0500. The van der Waals surface area contributed by atoms with Crippen LogP contribution in [0.15, 0.2) is 70.4 Å². The standard InChI is InChI=1S/C20H15N3O7/c1-28-18-10-13(7-8-16(18)30-20(25)17-6-3-9-29-17)12-21-22-19(24)14-4-2-5-15(11-14)23(26)27/h2-12H,1H3,(H,22,24)/b21-12+. The quantitative estimate of drug-likeness (QED) is 0.208. The highest BCUT2D eigenvalue weighted by Crippen LogP contribution is 2.28. The molecule has 3 aromatic rings. The van der Waals surface area contributed by atoms with Gasteiger partial charge in [0, 0.05) is 17.7 Å². The molecule has 0 unspecified atom stereocenters. The Hall–Kier alpha value is -4.47. The molecule has 0 saturated heterocycles. The lowest BCUT2D eigenvalue weighted by Gasteiger charge is -2.09. The second-order valence-electron chi connectivity index (χ2n) is 5.78. The molecule has 0 aliphatic carbocycles. The summed E-state index contributed by atoms with van der Waals surface area (Å²) in [6.07, 6.45) is 2.70.